The number of rotatable bonds is 1. The van der Waals surface area contributed by atoms with Crippen LogP contribution < -0.4 is 0 Å². The molecule has 1 heterocycles. The molecular formula is C8H18NO2S+. The second-order valence-corrected chi connectivity index (χ2v) is 7.63. The Morgan fingerprint density at radius 2 is 1.67 bits per heavy atom. The summed E-state index contributed by atoms with van der Waals surface area (Å²) in [6.07, 6.45) is 0. The summed E-state index contributed by atoms with van der Waals surface area (Å²) in [6.45, 7) is 3.64. The minimum atomic E-state index is -2.81. The van der Waals surface area contributed by atoms with Gasteiger partial charge in [-0.2, -0.15) is 0 Å². The molecule has 4 heteroatoms. The number of quaternary nitrogens is 1. The Kier molecular flexibility index (Phi) is 1.86. The van der Waals surface area contributed by atoms with Gasteiger partial charge in [0.2, 0.25) is 0 Å². The molecule has 1 fully saturated rings. The average Bonchev–Trinajstić information content (AvgIpc) is 1.81. The molecule has 0 aromatic rings. The summed E-state index contributed by atoms with van der Waals surface area (Å²) < 4.78 is 23.0. The van der Waals surface area contributed by atoms with Gasteiger partial charge in [-0.3, -0.25) is 0 Å². The Balaban J connectivity index is 2.95. The van der Waals surface area contributed by atoms with Gasteiger partial charge in [-0.1, -0.05) is 0 Å². The van der Waals surface area contributed by atoms with Gasteiger partial charge in [0.25, 0.3) is 0 Å². The first kappa shape index (κ1) is 9.99. The third-order valence-electron chi connectivity index (χ3n) is 2.92. The van der Waals surface area contributed by atoms with Crippen LogP contribution in [0.4, 0.5) is 0 Å². The summed E-state index contributed by atoms with van der Waals surface area (Å²) in [6, 6.07) is 0.238. The van der Waals surface area contributed by atoms with Crippen molar-refractivity contribution in [1.29, 1.82) is 0 Å². The van der Waals surface area contributed by atoms with Crippen molar-refractivity contribution in [2.24, 2.45) is 0 Å². The lowest BCUT2D eigenvalue weighted by Crippen LogP contribution is -2.70. The summed E-state index contributed by atoms with van der Waals surface area (Å²) in [5.74, 6) is 0.337. The molecule has 1 aliphatic heterocycles. The maximum Gasteiger partial charge on any atom is 0.167 e. The fraction of sp³-hybridized carbons (Fsp3) is 1.00. The Bertz CT molecular complexity index is 285. The summed E-state index contributed by atoms with van der Waals surface area (Å²) in [7, 11) is 3.32. The topological polar surface area (TPSA) is 34.1 Å². The fourth-order valence-corrected chi connectivity index (χ4v) is 4.11. The largest absolute Gasteiger partial charge is 0.326 e. The van der Waals surface area contributed by atoms with Crippen LogP contribution in [0, 0.1) is 0 Å². The summed E-state index contributed by atoms with van der Waals surface area (Å²) in [5, 5.41) is 0. The zero-order valence-corrected chi connectivity index (χ0v) is 9.27. The molecule has 0 aliphatic carbocycles. The number of hydrogen-bond acceptors (Lipinski definition) is 2. The van der Waals surface area contributed by atoms with Crippen LogP contribution in [0.15, 0.2) is 0 Å². The molecule has 0 aromatic carbocycles. The molecule has 12 heavy (non-hydrogen) atoms. The van der Waals surface area contributed by atoms with Gasteiger partial charge in [-0.05, 0) is 13.8 Å². The number of hydrogen-bond donors (Lipinski definition) is 0. The van der Waals surface area contributed by atoms with Gasteiger partial charge in [-0.15, -0.1) is 0 Å². The van der Waals surface area contributed by atoms with E-state index in [-0.39, 0.29) is 6.04 Å². The predicted molar refractivity (Wildman–Crippen MR) is 49.7 cm³/mol. The van der Waals surface area contributed by atoms with E-state index in [0.29, 0.717) is 5.75 Å². The van der Waals surface area contributed by atoms with Crippen molar-refractivity contribution >= 4 is 9.84 Å². The van der Waals surface area contributed by atoms with Crippen LogP contribution in [0.1, 0.15) is 13.8 Å². The van der Waals surface area contributed by atoms with Crippen LogP contribution in [-0.4, -0.2) is 50.6 Å². The van der Waals surface area contributed by atoms with Gasteiger partial charge in [0.15, 0.2) is 9.84 Å². The molecule has 0 bridgehead atoms. The predicted octanol–water partition coefficient (Wildman–Crippen LogP) is 0.268. The van der Waals surface area contributed by atoms with Crippen LogP contribution in [0.3, 0.4) is 0 Å². The van der Waals surface area contributed by atoms with Gasteiger partial charge in [0.1, 0.15) is 16.5 Å². The normalized spacial score (nSPS) is 32.6. The van der Waals surface area contributed by atoms with Crippen molar-refractivity contribution in [3.63, 3.8) is 0 Å². The highest BCUT2D eigenvalue weighted by Crippen LogP contribution is 2.38. The van der Waals surface area contributed by atoms with Crippen molar-refractivity contribution in [2.75, 3.05) is 26.9 Å². The molecule has 1 atom stereocenters. The molecule has 72 valence electrons. The van der Waals surface area contributed by atoms with E-state index in [1.54, 1.807) is 0 Å². The molecule has 0 amide bonds. The first-order valence-electron chi connectivity index (χ1n) is 4.12. The van der Waals surface area contributed by atoms with E-state index < -0.39 is 14.6 Å². The van der Waals surface area contributed by atoms with Crippen molar-refractivity contribution in [1.82, 2.24) is 0 Å². The highest BCUT2D eigenvalue weighted by molar-refractivity contribution is 7.94. The molecule has 0 N–H and O–H groups in total. The average molecular weight is 192 g/mol. The third kappa shape index (κ3) is 1.17. The monoisotopic (exact) mass is 192 g/mol. The standard InChI is InChI=1S/C8H18NO2S/c1-8(2)7(9(3,4)5)6-12(8,10)11/h7H,6H2,1-5H3/q+1/t7-/m0/s1. The smallest absolute Gasteiger partial charge is 0.167 e. The Morgan fingerprint density at radius 3 is 1.75 bits per heavy atom. The zero-order valence-electron chi connectivity index (χ0n) is 8.46. The SMILES string of the molecule is CC1(C)[C@@H]([N+](C)(C)C)CS1(=O)=O. The van der Waals surface area contributed by atoms with Gasteiger partial charge in [-0.25, -0.2) is 8.42 Å². The number of sulfone groups is 1. The molecule has 0 unspecified atom stereocenters. The van der Waals surface area contributed by atoms with Gasteiger partial charge in [0.05, 0.1) is 21.1 Å². The minimum absolute atomic E-state index is 0.238. The van der Waals surface area contributed by atoms with E-state index in [1.807, 2.05) is 35.0 Å². The van der Waals surface area contributed by atoms with E-state index in [9.17, 15) is 8.42 Å². The molecule has 0 saturated carbocycles. The second kappa shape index (κ2) is 2.23. The minimum Gasteiger partial charge on any atom is -0.326 e. The van der Waals surface area contributed by atoms with Crippen LogP contribution >= 0.6 is 0 Å². The molecule has 0 aromatic heterocycles. The molecule has 0 spiro atoms. The molecule has 0 radical (unpaired) electrons. The number of nitrogens with zero attached hydrogens (tertiary/aromatic N) is 1. The zero-order chi connectivity index (χ0) is 9.78. The first-order chi connectivity index (χ1) is 5.09. The molecule has 3 nitrogen and oxygen atoms in total. The molecule has 1 rings (SSSR count). The van der Waals surface area contributed by atoms with Crippen molar-refractivity contribution in [2.45, 2.75) is 24.6 Å². The van der Waals surface area contributed by atoms with Gasteiger partial charge >= 0.3 is 0 Å². The van der Waals surface area contributed by atoms with E-state index in [0.717, 1.165) is 4.48 Å². The molecule has 1 aliphatic rings. The maximum atomic E-state index is 11.4. The third-order valence-corrected chi connectivity index (χ3v) is 5.55. The Labute approximate surface area is 74.9 Å². The highest BCUT2D eigenvalue weighted by atomic mass is 32.2. The second-order valence-electron chi connectivity index (χ2n) is 5.02. The van der Waals surface area contributed by atoms with E-state index in [1.165, 1.54) is 0 Å². The van der Waals surface area contributed by atoms with Crippen LogP contribution in [0.2, 0.25) is 0 Å². The van der Waals surface area contributed by atoms with Gasteiger partial charge < -0.3 is 4.48 Å². The van der Waals surface area contributed by atoms with Crippen LogP contribution in [-0.2, 0) is 9.84 Å². The fourth-order valence-electron chi connectivity index (χ4n) is 1.89. The molecule has 1 saturated heterocycles. The van der Waals surface area contributed by atoms with Crippen LogP contribution in [0.25, 0.3) is 0 Å². The van der Waals surface area contributed by atoms with Crippen molar-refractivity contribution in [3.05, 3.63) is 0 Å². The van der Waals surface area contributed by atoms with Crippen molar-refractivity contribution in [3.8, 4) is 0 Å². The van der Waals surface area contributed by atoms with Gasteiger partial charge in [0, 0.05) is 0 Å². The van der Waals surface area contributed by atoms with Crippen molar-refractivity contribution < 1.29 is 12.9 Å². The lowest BCUT2D eigenvalue weighted by Gasteiger charge is -2.50. The Morgan fingerprint density at radius 1 is 1.25 bits per heavy atom. The summed E-state index contributed by atoms with van der Waals surface area (Å²) >= 11 is 0. The lowest BCUT2D eigenvalue weighted by molar-refractivity contribution is -0.897. The summed E-state index contributed by atoms with van der Waals surface area (Å²) in [5.41, 5.74) is 0. The lowest BCUT2D eigenvalue weighted by atomic mass is 10.0. The summed E-state index contributed by atoms with van der Waals surface area (Å²) in [4.78, 5) is 0. The van der Waals surface area contributed by atoms with E-state index >= 15 is 0 Å². The highest BCUT2D eigenvalue weighted by Gasteiger charge is 2.60. The van der Waals surface area contributed by atoms with E-state index in [2.05, 4.69) is 0 Å². The first-order valence-corrected chi connectivity index (χ1v) is 5.78. The van der Waals surface area contributed by atoms with Crippen LogP contribution in [0.5, 0.6) is 0 Å². The van der Waals surface area contributed by atoms with E-state index in [4.69, 9.17) is 0 Å². The quantitative estimate of drug-likeness (QED) is 0.559. The Hall–Kier alpha value is -0.0900. The maximum absolute atomic E-state index is 11.4. The molecular weight excluding hydrogens is 174 g/mol.